The summed E-state index contributed by atoms with van der Waals surface area (Å²) >= 11 is 0. The molecular formula is C26H19F6NO5. The Hall–Kier alpha value is -4.35. The second-order valence-corrected chi connectivity index (χ2v) is 7.94. The SMILES string of the molecule is COC(=O)[C@@H](Cc1ccc(OC(=O)c2ccc(C(F)(F)F)cc2)cc1)NC(=O)c1ccc(C(F)(F)F)cc1. The molecule has 0 aliphatic heterocycles. The van der Waals surface area contributed by atoms with Crippen molar-refractivity contribution in [1.82, 2.24) is 5.32 Å². The van der Waals surface area contributed by atoms with E-state index in [1.165, 1.54) is 24.3 Å². The largest absolute Gasteiger partial charge is 0.467 e. The first-order valence-electron chi connectivity index (χ1n) is 10.8. The van der Waals surface area contributed by atoms with Gasteiger partial charge in [0, 0.05) is 12.0 Å². The van der Waals surface area contributed by atoms with Crippen molar-refractivity contribution in [2.75, 3.05) is 7.11 Å². The van der Waals surface area contributed by atoms with Crippen molar-refractivity contribution in [2.45, 2.75) is 24.8 Å². The second-order valence-electron chi connectivity index (χ2n) is 7.94. The zero-order chi connectivity index (χ0) is 28.1. The summed E-state index contributed by atoms with van der Waals surface area (Å²) in [4.78, 5) is 36.9. The molecule has 0 radical (unpaired) electrons. The molecular weight excluding hydrogens is 520 g/mol. The second kappa shape index (κ2) is 11.4. The average Bonchev–Trinajstić information content (AvgIpc) is 2.88. The van der Waals surface area contributed by atoms with E-state index in [4.69, 9.17) is 9.47 Å². The number of esters is 2. The number of methoxy groups -OCH3 is 1. The third-order valence-electron chi connectivity index (χ3n) is 5.29. The van der Waals surface area contributed by atoms with E-state index in [-0.39, 0.29) is 23.3 Å². The topological polar surface area (TPSA) is 81.7 Å². The lowest BCUT2D eigenvalue weighted by atomic mass is 10.0. The number of rotatable bonds is 7. The van der Waals surface area contributed by atoms with Gasteiger partial charge in [-0.05, 0) is 66.2 Å². The van der Waals surface area contributed by atoms with Crippen molar-refractivity contribution in [1.29, 1.82) is 0 Å². The molecule has 6 nitrogen and oxygen atoms in total. The van der Waals surface area contributed by atoms with Crippen molar-refractivity contribution >= 4 is 17.8 Å². The molecule has 12 heteroatoms. The molecule has 0 saturated carbocycles. The molecule has 0 aliphatic carbocycles. The van der Waals surface area contributed by atoms with Gasteiger partial charge < -0.3 is 14.8 Å². The van der Waals surface area contributed by atoms with E-state index in [1.54, 1.807) is 0 Å². The van der Waals surface area contributed by atoms with Crippen molar-refractivity contribution in [2.24, 2.45) is 0 Å². The standard InChI is InChI=1S/C26H19F6NO5/c1-37-24(36)21(33-22(34)16-4-8-18(9-5-16)25(27,28)29)14-15-2-12-20(13-3-15)38-23(35)17-6-10-19(11-7-17)26(30,31)32/h2-13,21H,14H2,1H3,(H,33,34)/t21-/m1/s1. The molecule has 1 amide bonds. The molecule has 0 heterocycles. The summed E-state index contributed by atoms with van der Waals surface area (Å²) in [5.74, 6) is -2.41. The Morgan fingerprint density at radius 1 is 0.737 bits per heavy atom. The molecule has 38 heavy (non-hydrogen) atoms. The number of hydrogen-bond donors (Lipinski definition) is 1. The lowest BCUT2D eigenvalue weighted by Crippen LogP contribution is -2.43. The van der Waals surface area contributed by atoms with Crippen LogP contribution >= 0.6 is 0 Å². The number of alkyl halides is 6. The van der Waals surface area contributed by atoms with Crippen LogP contribution in [-0.2, 0) is 28.3 Å². The fraction of sp³-hybridized carbons (Fsp3) is 0.192. The van der Waals surface area contributed by atoms with Crippen LogP contribution in [0.4, 0.5) is 26.3 Å². The Kier molecular flexibility index (Phi) is 8.44. The minimum Gasteiger partial charge on any atom is -0.467 e. The van der Waals surface area contributed by atoms with E-state index in [0.717, 1.165) is 55.6 Å². The molecule has 0 saturated heterocycles. The number of carbonyl (C=O) groups is 3. The smallest absolute Gasteiger partial charge is 0.416 e. The van der Waals surface area contributed by atoms with Gasteiger partial charge in [0.25, 0.3) is 5.91 Å². The minimum atomic E-state index is -4.57. The third-order valence-corrected chi connectivity index (χ3v) is 5.29. The van der Waals surface area contributed by atoms with E-state index < -0.39 is 47.4 Å². The van der Waals surface area contributed by atoms with Crippen LogP contribution in [0.1, 0.15) is 37.4 Å². The number of amides is 1. The quantitative estimate of drug-likeness (QED) is 0.245. The van der Waals surface area contributed by atoms with Crippen molar-refractivity contribution in [3.8, 4) is 5.75 Å². The summed E-state index contributed by atoms with van der Waals surface area (Å²) in [7, 11) is 1.10. The summed E-state index contributed by atoms with van der Waals surface area (Å²) in [6.07, 6.45) is -9.18. The lowest BCUT2D eigenvalue weighted by molar-refractivity contribution is -0.143. The van der Waals surface area contributed by atoms with Gasteiger partial charge in [-0.2, -0.15) is 26.3 Å². The molecule has 200 valence electrons. The maximum absolute atomic E-state index is 12.7. The molecule has 0 unspecified atom stereocenters. The highest BCUT2D eigenvalue weighted by molar-refractivity contribution is 5.97. The fourth-order valence-corrected chi connectivity index (χ4v) is 3.28. The van der Waals surface area contributed by atoms with Gasteiger partial charge in [-0.25, -0.2) is 9.59 Å². The molecule has 0 bridgehead atoms. The van der Waals surface area contributed by atoms with Crippen LogP contribution in [0.25, 0.3) is 0 Å². The molecule has 1 N–H and O–H groups in total. The van der Waals surface area contributed by atoms with E-state index >= 15 is 0 Å². The summed E-state index contributed by atoms with van der Waals surface area (Å²) < 4.78 is 86.1. The van der Waals surface area contributed by atoms with Gasteiger partial charge in [-0.3, -0.25) is 4.79 Å². The van der Waals surface area contributed by atoms with Crippen molar-refractivity contribution in [3.63, 3.8) is 0 Å². The Morgan fingerprint density at radius 2 is 1.21 bits per heavy atom. The van der Waals surface area contributed by atoms with Crippen LogP contribution in [-0.4, -0.2) is 31.0 Å². The Bertz CT molecular complexity index is 1280. The van der Waals surface area contributed by atoms with Gasteiger partial charge in [-0.1, -0.05) is 12.1 Å². The summed E-state index contributed by atoms with van der Waals surface area (Å²) in [5, 5.41) is 2.41. The Labute approximate surface area is 212 Å². The normalized spacial score (nSPS) is 12.4. The highest BCUT2D eigenvalue weighted by Crippen LogP contribution is 2.30. The minimum absolute atomic E-state index is 0.0633. The van der Waals surface area contributed by atoms with E-state index in [9.17, 15) is 40.7 Å². The maximum Gasteiger partial charge on any atom is 0.416 e. The number of nitrogens with one attached hydrogen (secondary N) is 1. The number of halogens is 6. The van der Waals surface area contributed by atoms with Crippen LogP contribution in [0.2, 0.25) is 0 Å². The van der Waals surface area contributed by atoms with E-state index in [2.05, 4.69) is 5.32 Å². The number of hydrogen-bond acceptors (Lipinski definition) is 5. The van der Waals surface area contributed by atoms with Gasteiger partial charge in [0.05, 0.1) is 23.8 Å². The third kappa shape index (κ3) is 7.34. The summed E-state index contributed by atoms with van der Waals surface area (Å²) in [6, 6.07) is 11.5. The summed E-state index contributed by atoms with van der Waals surface area (Å²) in [5.41, 5.74) is -1.54. The average molecular weight is 539 g/mol. The van der Waals surface area contributed by atoms with Crippen LogP contribution in [0.15, 0.2) is 72.8 Å². The summed E-state index contributed by atoms with van der Waals surface area (Å²) in [6.45, 7) is 0. The zero-order valence-electron chi connectivity index (χ0n) is 19.5. The highest BCUT2D eigenvalue weighted by Gasteiger charge is 2.31. The molecule has 3 aromatic rings. The van der Waals surface area contributed by atoms with Crippen molar-refractivity contribution in [3.05, 3.63) is 101 Å². The maximum atomic E-state index is 12.7. The lowest BCUT2D eigenvalue weighted by Gasteiger charge is -2.17. The Balaban J connectivity index is 1.65. The molecule has 0 fully saturated rings. The zero-order valence-corrected chi connectivity index (χ0v) is 19.5. The Morgan fingerprint density at radius 3 is 1.66 bits per heavy atom. The van der Waals surface area contributed by atoms with Crippen LogP contribution in [0.3, 0.4) is 0 Å². The number of ether oxygens (including phenoxy) is 2. The fourth-order valence-electron chi connectivity index (χ4n) is 3.28. The van der Waals surface area contributed by atoms with Gasteiger partial charge in [0.1, 0.15) is 11.8 Å². The molecule has 0 aromatic heterocycles. The van der Waals surface area contributed by atoms with Gasteiger partial charge >= 0.3 is 24.3 Å². The highest BCUT2D eigenvalue weighted by atomic mass is 19.4. The van der Waals surface area contributed by atoms with Crippen LogP contribution < -0.4 is 10.1 Å². The van der Waals surface area contributed by atoms with Crippen molar-refractivity contribution < 1.29 is 50.2 Å². The molecule has 3 aromatic carbocycles. The first-order chi connectivity index (χ1) is 17.8. The number of carbonyl (C=O) groups excluding carboxylic acids is 3. The monoisotopic (exact) mass is 539 g/mol. The number of benzene rings is 3. The van der Waals surface area contributed by atoms with Gasteiger partial charge in [0.15, 0.2) is 0 Å². The van der Waals surface area contributed by atoms with E-state index in [1.807, 2.05) is 0 Å². The predicted octanol–water partition coefficient (Wildman–Crippen LogP) is 5.46. The van der Waals surface area contributed by atoms with Crippen LogP contribution in [0.5, 0.6) is 5.75 Å². The first kappa shape index (κ1) is 28.2. The predicted molar refractivity (Wildman–Crippen MR) is 121 cm³/mol. The molecule has 0 aliphatic rings. The van der Waals surface area contributed by atoms with Crippen LogP contribution in [0, 0.1) is 0 Å². The first-order valence-corrected chi connectivity index (χ1v) is 10.8. The van der Waals surface area contributed by atoms with Gasteiger partial charge in [-0.15, -0.1) is 0 Å². The molecule has 3 rings (SSSR count). The van der Waals surface area contributed by atoms with E-state index in [0.29, 0.717) is 5.56 Å². The van der Waals surface area contributed by atoms with Gasteiger partial charge in [0.2, 0.25) is 0 Å². The molecule has 1 atom stereocenters. The molecule has 0 spiro atoms.